The number of rotatable bonds is 9. The van der Waals surface area contributed by atoms with Crippen molar-refractivity contribution in [2.75, 3.05) is 0 Å². The second-order valence-corrected chi connectivity index (χ2v) is 26.3. The summed E-state index contributed by atoms with van der Waals surface area (Å²) in [5.74, 6) is 0. The molecule has 0 atom stereocenters. The van der Waals surface area contributed by atoms with Gasteiger partial charge in [0, 0.05) is 0 Å². The normalized spacial score (nSPS) is 13.1. The van der Waals surface area contributed by atoms with E-state index >= 15 is 0 Å². The summed E-state index contributed by atoms with van der Waals surface area (Å²) < 4.78 is 0. The zero-order chi connectivity index (χ0) is 12.7. The molecule has 0 saturated carbocycles. The van der Waals surface area contributed by atoms with Crippen LogP contribution in [0.5, 0.6) is 0 Å². The first kappa shape index (κ1) is 17.5. The predicted molar refractivity (Wildman–Crippen MR) is 86.3 cm³/mol. The van der Waals surface area contributed by atoms with Crippen molar-refractivity contribution in [3.8, 4) is 0 Å². The first-order valence-electron chi connectivity index (χ1n) is 6.57. The molecule has 98 valence electrons. The van der Waals surface area contributed by atoms with Crippen LogP contribution < -0.4 is 0 Å². The van der Waals surface area contributed by atoms with Gasteiger partial charge >= 0.3 is 117 Å². The topological polar surface area (TPSA) is 0 Å². The molecular formula is C12H30Se2Si2. The summed E-state index contributed by atoms with van der Waals surface area (Å²) >= 11 is 2.05. The molecule has 0 aromatic rings. The van der Waals surface area contributed by atoms with Crippen LogP contribution >= 0.6 is 0 Å². The SMILES string of the molecule is CCC[Si](C)(C)C[Se][Se]C[Si](C)(C)CCC. The third-order valence-electron chi connectivity index (χ3n) is 2.84. The monoisotopic (exact) mass is 390 g/mol. The van der Waals surface area contributed by atoms with Crippen LogP contribution in [0.15, 0.2) is 0 Å². The number of hydrogen-bond donors (Lipinski definition) is 0. The fraction of sp³-hybridized carbons (Fsp3) is 1.00. The molecule has 0 heterocycles. The van der Waals surface area contributed by atoms with Gasteiger partial charge in [-0.3, -0.25) is 0 Å². The van der Waals surface area contributed by atoms with Crippen molar-refractivity contribution in [2.24, 2.45) is 0 Å². The van der Waals surface area contributed by atoms with Crippen molar-refractivity contribution in [3.63, 3.8) is 0 Å². The zero-order valence-corrected chi connectivity index (χ0v) is 17.5. The van der Waals surface area contributed by atoms with Crippen molar-refractivity contribution < 1.29 is 0 Å². The first-order valence-corrected chi connectivity index (χ1v) is 20.2. The van der Waals surface area contributed by atoms with E-state index in [4.69, 9.17) is 0 Å². The van der Waals surface area contributed by atoms with Crippen LogP contribution in [0.2, 0.25) is 48.2 Å². The van der Waals surface area contributed by atoms with Crippen molar-refractivity contribution in [1.29, 1.82) is 0 Å². The standard InChI is InChI=1S/C12H30Se2Si2/c1-7-9-15(3,4)11-13-14-12-16(5,6)10-8-2/h7-12H2,1-6H3. The van der Waals surface area contributed by atoms with Gasteiger partial charge in [-0.2, -0.15) is 0 Å². The molecule has 0 radical (unpaired) electrons. The van der Waals surface area contributed by atoms with Gasteiger partial charge in [0.25, 0.3) is 0 Å². The summed E-state index contributed by atoms with van der Waals surface area (Å²) in [5, 5.41) is 0. The van der Waals surface area contributed by atoms with Gasteiger partial charge in [-0.05, 0) is 0 Å². The number of hydrogen-bond acceptors (Lipinski definition) is 0. The van der Waals surface area contributed by atoms with E-state index in [2.05, 4.69) is 40.0 Å². The molecule has 0 unspecified atom stereocenters. The molecule has 0 saturated heterocycles. The molecule has 0 nitrogen and oxygen atoms in total. The van der Waals surface area contributed by atoms with E-state index in [1.807, 2.05) is 0 Å². The first-order chi connectivity index (χ1) is 7.33. The van der Waals surface area contributed by atoms with Crippen LogP contribution in [0.25, 0.3) is 0 Å². The molecule has 16 heavy (non-hydrogen) atoms. The molecule has 0 bridgehead atoms. The van der Waals surface area contributed by atoms with E-state index in [9.17, 15) is 0 Å². The van der Waals surface area contributed by atoms with E-state index < -0.39 is 16.1 Å². The summed E-state index contributed by atoms with van der Waals surface area (Å²) in [6.07, 6.45) is 2.83. The molecule has 0 aromatic heterocycles. The molecule has 4 heteroatoms. The minimum absolute atomic E-state index is 0.759. The van der Waals surface area contributed by atoms with E-state index in [1.165, 1.54) is 12.8 Å². The minimum atomic E-state index is -0.759. The molecule has 0 aliphatic heterocycles. The Morgan fingerprint density at radius 1 is 0.688 bits per heavy atom. The Morgan fingerprint density at radius 3 is 1.25 bits per heavy atom. The molecule has 0 fully saturated rings. The van der Waals surface area contributed by atoms with Gasteiger partial charge in [0.15, 0.2) is 0 Å². The third-order valence-corrected chi connectivity index (χ3v) is 29.5. The summed E-state index contributed by atoms with van der Waals surface area (Å²) in [5.41, 5.74) is 0. The van der Waals surface area contributed by atoms with Crippen molar-refractivity contribution in [2.45, 2.75) is 74.9 Å². The molecule has 0 aromatic carbocycles. The van der Waals surface area contributed by atoms with Crippen LogP contribution in [0.3, 0.4) is 0 Å². The van der Waals surface area contributed by atoms with Crippen molar-refractivity contribution in [3.05, 3.63) is 0 Å². The van der Waals surface area contributed by atoms with Gasteiger partial charge in [-0.15, -0.1) is 0 Å². The van der Waals surface area contributed by atoms with Gasteiger partial charge in [0.2, 0.25) is 0 Å². The molecule has 0 amide bonds. The van der Waals surface area contributed by atoms with Gasteiger partial charge in [-0.1, -0.05) is 0 Å². The van der Waals surface area contributed by atoms with Crippen molar-refractivity contribution in [1.82, 2.24) is 0 Å². The Labute approximate surface area is 117 Å². The quantitative estimate of drug-likeness (QED) is 0.404. The van der Waals surface area contributed by atoms with E-state index in [0.29, 0.717) is 0 Å². The fourth-order valence-electron chi connectivity index (χ4n) is 1.90. The molecule has 0 aliphatic rings. The fourth-order valence-corrected chi connectivity index (χ4v) is 38.9. The average molecular weight is 388 g/mol. The molecule has 0 spiro atoms. The molecule has 0 aliphatic carbocycles. The van der Waals surface area contributed by atoms with Crippen molar-refractivity contribution >= 4 is 42.4 Å². The van der Waals surface area contributed by atoms with Gasteiger partial charge in [0.1, 0.15) is 0 Å². The van der Waals surface area contributed by atoms with Crippen LogP contribution in [-0.2, 0) is 0 Å². The second kappa shape index (κ2) is 8.55. The van der Waals surface area contributed by atoms with Crippen LogP contribution in [0.4, 0.5) is 0 Å². The Kier molecular flexibility index (Phi) is 9.34. The Hall–Kier alpha value is 1.47. The van der Waals surface area contributed by atoms with Crippen LogP contribution in [0, 0.1) is 0 Å². The Bertz CT molecular complexity index is 162. The molecule has 0 N–H and O–H groups in total. The summed E-state index contributed by atoms with van der Waals surface area (Å²) in [7, 11) is -1.52. The maximum atomic E-state index is 2.60. The van der Waals surface area contributed by atoms with Gasteiger partial charge in [-0.25, -0.2) is 0 Å². The average Bonchev–Trinajstić information content (AvgIpc) is 2.12. The molecule has 0 rings (SSSR count). The summed E-state index contributed by atoms with van der Waals surface area (Å²) in [4.78, 5) is 3.31. The van der Waals surface area contributed by atoms with Gasteiger partial charge in [0.05, 0.1) is 0 Å². The third kappa shape index (κ3) is 9.50. The Morgan fingerprint density at radius 2 is 1.00 bits per heavy atom. The molecular weight excluding hydrogens is 358 g/mol. The predicted octanol–water partition coefficient (Wildman–Crippen LogP) is 4.46. The van der Waals surface area contributed by atoms with Crippen LogP contribution in [0.1, 0.15) is 26.7 Å². The second-order valence-electron chi connectivity index (χ2n) is 6.35. The maximum absolute atomic E-state index is 2.60. The summed E-state index contributed by atoms with van der Waals surface area (Å²) in [6, 6.07) is 3.11. The zero-order valence-electron chi connectivity index (χ0n) is 12.1. The van der Waals surface area contributed by atoms with Crippen LogP contribution in [-0.4, -0.2) is 42.4 Å². The van der Waals surface area contributed by atoms with E-state index in [0.717, 1.165) is 26.3 Å². The Balaban J connectivity index is 3.67. The van der Waals surface area contributed by atoms with E-state index in [1.54, 1.807) is 22.0 Å². The van der Waals surface area contributed by atoms with Gasteiger partial charge < -0.3 is 0 Å². The van der Waals surface area contributed by atoms with E-state index in [-0.39, 0.29) is 0 Å². The summed E-state index contributed by atoms with van der Waals surface area (Å²) in [6.45, 7) is 15.1.